The first kappa shape index (κ1) is 13.2. The Morgan fingerprint density at radius 3 is 2.75 bits per heavy atom. The van der Waals surface area contributed by atoms with Gasteiger partial charge in [-0.2, -0.15) is 0 Å². The third-order valence-electron chi connectivity index (χ3n) is 2.52. The van der Waals surface area contributed by atoms with E-state index in [1.54, 1.807) is 0 Å². The van der Waals surface area contributed by atoms with Crippen LogP contribution in [0.2, 0.25) is 0 Å². The Morgan fingerprint density at radius 2 is 2.12 bits per heavy atom. The minimum absolute atomic E-state index is 0.0134. The summed E-state index contributed by atoms with van der Waals surface area (Å²) in [5.41, 5.74) is 1.74. The monoisotopic (exact) mass is 283 g/mol. The van der Waals surface area contributed by atoms with Gasteiger partial charge in [-0.3, -0.25) is 4.79 Å². The Hall–Kier alpha value is -0.830. The number of halogens is 1. The molecule has 0 saturated heterocycles. The molecule has 0 aromatic heterocycles. The van der Waals surface area contributed by atoms with E-state index >= 15 is 0 Å². The molecule has 1 rings (SSSR count). The molecule has 0 aliphatic carbocycles. The second-order valence-electron chi connectivity index (χ2n) is 4.35. The van der Waals surface area contributed by atoms with Crippen molar-refractivity contribution in [1.29, 1.82) is 0 Å². The minimum atomic E-state index is 0.0134. The van der Waals surface area contributed by atoms with Crippen molar-refractivity contribution in [3.8, 4) is 0 Å². The molecule has 0 atom stereocenters. The fourth-order valence-corrected chi connectivity index (χ4v) is 1.79. The second kappa shape index (κ2) is 6.04. The van der Waals surface area contributed by atoms with Crippen molar-refractivity contribution >= 4 is 21.8 Å². The van der Waals surface area contributed by atoms with Crippen LogP contribution in [0.3, 0.4) is 0 Å². The summed E-state index contributed by atoms with van der Waals surface area (Å²) in [5.74, 6) is 0.628. The lowest BCUT2D eigenvalue weighted by atomic mass is 10.1. The number of carbonyl (C=O) groups is 1. The van der Waals surface area contributed by atoms with Gasteiger partial charge < -0.3 is 5.32 Å². The summed E-state index contributed by atoms with van der Waals surface area (Å²) < 4.78 is 0.976. The van der Waals surface area contributed by atoms with E-state index in [0.717, 1.165) is 28.6 Å². The maximum Gasteiger partial charge on any atom is 0.251 e. The van der Waals surface area contributed by atoms with E-state index in [1.807, 2.05) is 25.1 Å². The molecule has 0 heterocycles. The number of benzene rings is 1. The summed E-state index contributed by atoms with van der Waals surface area (Å²) in [6, 6.07) is 5.68. The molecule has 1 N–H and O–H groups in total. The first-order valence-electron chi connectivity index (χ1n) is 5.55. The molecule has 0 aliphatic rings. The lowest BCUT2D eigenvalue weighted by Gasteiger charge is -2.09. The van der Waals surface area contributed by atoms with Crippen LogP contribution in [0, 0.1) is 12.8 Å². The van der Waals surface area contributed by atoms with Crippen LogP contribution in [0.25, 0.3) is 0 Å². The third-order valence-corrected chi connectivity index (χ3v) is 3.38. The molecule has 0 bridgehead atoms. The van der Waals surface area contributed by atoms with Gasteiger partial charge in [0, 0.05) is 16.6 Å². The Balaban J connectivity index is 2.63. The predicted octanol–water partition coefficient (Wildman–Crippen LogP) is 3.53. The Kier molecular flexibility index (Phi) is 5.00. The maximum absolute atomic E-state index is 11.9. The van der Waals surface area contributed by atoms with Gasteiger partial charge in [0.15, 0.2) is 0 Å². The van der Waals surface area contributed by atoms with Crippen LogP contribution in [0.15, 0.2) is 22.7 Å². The molecule has 88 valence electrons. The Bertz CT molecular complexity index is 374. The SMILES string of the molecule is Cc1c(Br)cccc1C(=O)NCCC(C)C. The van der Waals surface area contributed by atoms with Crippen LogP contribution >= 0.6 is 15.9 Å². The van der Waals surface area contributed by atoms with E-state index in [1.165, 1.54) is 0 Å². The van der Waals surface area contributed by atoms with Crippen LogP contribution in [0.4, 0.5) is 0 Å². The third kappa shape index (κ3) is 3.63. The fraction of sp³-hybridized carbons (Fsp3) is 0.462. The Morgan fingerprint density at radius 1 is 1.44 bits per heavy atom. The van der Waals surface area contributed by atoms with E-state index < -0.39 is 0 Å². The van der Waals surface area contributed by atoms with E-state index in [0.29, 0.717) is 5.92 Å². The maximum atomic E-state index is 11.9. The van der Waals surface area contributed by atoms with Crippen LogP contribution in [-0.4, -0.2) is 12.5 Å². The van der Waals surface area contributed by atoms with Gasteiger partial charge in [-0.1, -0.05) is 35.8 Å². The van der Waals surface area contributed by atoms with E-state index in [4.69, 9.17) is 0 Å². The molecular formula is C13H18BrNO. The summed E-state index contributed by atoms with van der Waals surface area (Å²) in [4.78, 5) is 11.9. The molecule has 16 heavy (non-hydrogen) atoms. The zero-order valence-electron chi connectivity index (χ0n) is 10.0. The average molecular weight is 284 g/mol. The van der Waals surface area contributed by atoms with Crippen LogP contribution in [0.1, 0.15) is 36.2 Å². The molecule has 0 aliphatic heterocycles. The number of hydrogen-bond acceptors (Lipinski definition) is 1. The molecule has 0 unspecified atom stereocenters. The van der Waals surface area contributed by atoms with E-state index in [-0.39, 0.29) is 5.91 Å². The molecule has 1 aromatic rings. The quantitative estimate of drug-likeness (QED) is 0.900. The number of hydrogen-bond donors (Lipinski definition) is 1. The highest BCUT2D eigenvalue weighted by atomic mass is 79.9. The molecule has 0 fully saturated rings. The number of carbonyl (C=O) groups excluding carboxylic acids is 1. The van der Waals surface area contributed by atoms with Gasteiger partial charge in [0.25, 0.3) is 5.91 Å². The molecule has 0 radical (unpaired) electrons. The first-order valence-corrected chi connectivity index (χ1v) is 6.35. The molecule has 0 spiro atoms. The molecule has 2 nitrogen and oxygen atoms in total. The van der Waals surface area contributed by atoms with E-state index in [9.17, 15) is 4.79 Å². The highest BCUT2D eigenvalue weighted by Crippen LogP contribution is 2.19. The standard InChI is InChI=1S/C13H18BrNO/c1-9(2)7-8-15-13(16)11-5-4-6-12(14)10(11)3/h4-6,9H,7-8H2,1-3H3,(H,15,16). The molecule has 3 heteroatoms. The van der Waals surface area contributed by atoms with Gasteiger partial charge in [0.2, 0.25) is 0 Å². The summed E-state index contributed by atoms with van der Waals surface area (Å²) in [6.07, 6.45) is 1.01. The smallest absolute Gasteiger partial charge is 0.251 e. The van der Waals surface area contributed by atoms with Crippen molar-refractivity contribution in [2.75, 3.05) is 6.54 Å². The van der Waals surface area contributed by atoms with Crippen molar-refractivity contribution in [1.82, 2.24) is 5.32 Å². The first-order chi connectivity index (χ1) is 7.52. The van der Waals surface area contributed by atoms with Gasteiger partial charge in [0.05, 0.1) is 0 Å². The van der Waals surface area contributed by atoms with Crippen LogP contribution in [0.5, 0.6) is 0 Å². The largest absolute Gasteiger partial charge is 0.352 e. The highest BCUT2D eigenvalue weighted by Gasteiger charge is 2.09. The topological polar surface area (TPSA) is 29.1 Å². The summed E-state index contributed by atoms with van der Waals surface area (Å²) in [6.45, 7) is 6.98. The van der Waals surface area contributed by atoms with Crippen molar-refractivity contribution in [2.24, 2.45) is 5.92 Å². The van der Waals surface area contributed by atoms with Gasteiger partial charge >= 0.3 is 0 Å². The predicted molar refractivity (Wildman–Crippen MR) is 70.7 cm³/mol. The van der Waals surface area contributed by atoms with Gasteiger partial charge in [-0.05, 0) is 37.0 Å². The zero-order chi connectivity index (χ0) is 12.1. The lowest BCUT2D eigenvalue weighted by Crippen LogP contribution is -2.26. The molecule has 0 saturated carbocycles. The minimum Gasteiger partial charge on any atom is -0.352 e. The van der Waals surface area contributed by atoms with Crippen molar-refractivity contribution < 1.29 is 4.79 Å². The lowest BCUT2D eigenvalue weighted by molar-refractivity contribution is 0.0951. The second-order valence-corrected chi connectivity index (χ2v) is 5.21. The normalized spacial score (nSPS) is 10.6. The van der Waals surface area contributed by atoms with Gasteiger partial charge in [0.1, 0.15) is 0 Å². The highest BCUT2D eigenvalue weighted by molar-refractivity contribution is 9.10. The van der Waals surface area contributed by atoms with Crippen molar-refractivity contribution in [2.45, 2.75) is 27.2 Å². The summed E-state index contributed by atoms with van der Waals surface area (Å²) in [7, 11) is 0. The van der Waals surface area contributed by atoms with E-state index in [2.05, 4.69) is 35.1 Å². The average Bonchev–Trinajstić information content (AvgIpc) is 2.21. The summed E-state index contributed by atoms with van der Waals surface area (Å²) >= 11 is 3.43. The number of rotatable bonds is 4. The van der Waals surface area contributed by atoms with Crippen LogP contribution in [-0.2, 0) is 0 Å². The van der Waals surface area contributed by atoms with Gasteiger partial charge in [-0.15, -0.1) is 0 Å². The van der Waals surface area contributed by atoms with Gasteiger partial charge in [-0.25, -0.2) is 0 Å². The number of nitrogens with one attached hydrogen (secondary N) is 1. The summed E-state index contributed by atoms with van der Waals surface area (Å²) in [5, 5.41) is 2.94. The molecule has 1 aromatic carbocycles. The zero-order valence-corrected chi connectivity index (χ0v) is 11.6. The van der Waals surface area contributed by atoms with Crippen molar-refractivity contribution in [3.05, 3.63) is 33.8 Å². The molecular weight excluding hydrogens is 266 g/mol. The Labute approximate surface area is 106 Å². The van der Waals surface area contributed by atoms with Crippen LogP contribution < -0.4 is 5.32 Å². The molecule has 1 amide bonds. The van der Waals surface area contributed by atoms with Crippen molar-refractivity contribution in [3.63, 3.8) is 0 Å². The number of amides is 1. The fourth-order valence-electron chi connectivity index (χ4n) is 1.42.